The molecule has 1 aromatic heterocycles. The first kappa shape index (κ1) is 17.6. The Bertz CT molecular complexity index is 703. The van der Waals surface area contributed by atoms with Crippen molar-refractivity contribution in [3.63, 3.8) is 0 Å². The summed E-state index contributed by atoms with van der Waals surface area (Å²) in [5.41, 5.74) is 1.92. The molecule has 1 fully saturated rings. The second-order valence-corrected chi connectivity index (χ2v) is 6.11. The van der Waals surface area contributed by atoms with Crippen LogP contribution in [0.15, 0.2) is 36.5 Å². The highest BCUT2D eigenvalue weighted by Gasteiger charge is 2.22. The zero-order valence-electron chi connectivity index (χ0n) is 14.3. The fourth-order valence-corrected chi connectivity index (χ4v) is 3.06. The van der Waals surface area contributed by atoms with Gasteiger partial charge in [-0.15, -0.1) is 0 Å². The van der Waals surface area contributed by atoms with Crippen molar-refractivity contribution in [1.29, 1.82) is 0 Å². The summed E-state index contributed by atoms with van der Waals surface area (Å²) < 4.78 is 25.4. The van der Waals surface area contributed by atoms with E-state index in [0.717, 1.165) is 31.5 Å². The number of rotatable bonds is 6. The van der Waals surface area contributed by atoms with Gasteiger partial charge in [0.25, 0.3) is 0 Å². The summed E-state index contributed by atoms with van der Waals surface area (Å²) in [5, 5.41) is 9.21. The maximum atomic E-state index is 14.3. The summed E-state index contributed by atoms with van der Waals surface area (Å²) in [6.45, 7) is 1.69. The Balaban J connectivity index is 1.53. The fraction of sp³-hybridized carbons (Fsp3) is 0.421. The van der Waals surface area contributed by atoms with Crippen LogP contribution in [0.3, 0.4) is 0 Å². The summed E-state index contributed by atoms with van der Waals surface area (Å²) in [6.07, 6.45) is 3.53. The van der Waals surface area contributed by atoms with Crippen molar-refractivity contribution in [3.05, 3.63) is 53.5 Å². The zero-order valence-corrected chi connectivity index (χ0v) is 14.3. The largest absolute Gasteiger partial charge is 0.481 e. The van der Waals surface area contributed by atoms with Crippen LogP contribution in [0.5, 0.6) is 5.88 Å². The summed E-state index contributed by atoms with van der Waals surface area (Å²) in [5.74, 6) is 0.253. The molecule has 0 aliphatic carbocycles. The van der Waals surface area contributed by atoms with Crippen molar-refractivity contribution in [3.8, 4) is 5.88 Å². The van der Waals surface area contributed by atoms with Gasteiger partial charge in [-0.1, -0.05) is 12.1 Å². The molecule has 0 saturated carbocycles. The third-order valence-electron chi connectivity index (χ3n) is 4.51. The number of anilines is 1. The smallest absolute Gasteiger partial charge is 0.213 e. The van der Waals surface area contributed by atoms with Crippen LogP contribution in [0.4, 0.5) is 10.1 Å². The third kappa shape index (κ3) is 4.27. The van der Waals surface area contributed by atoms with Crippen molar-refractivity contribution in [1.82, 2.24) is 4.98 Å². The molecule has 6 heteroatoms. The number of hydrogen-bond donors (Lipinski definition) is 1. The number of ether oxygens (including phenoxy) is 2. The minimum Gasteiger partial charge on any atom is -0.481 e. The number of pyridine rings is 1. The van der Waals surface area contributed by atoms with E-state index >= 15 is 0 Å². The Morgan fingerprint density at radius 1 is 1.28 bits per heavy atom. The van der Waals surface area contributed by atoms with Crippen LogP contribution in [0.2, 0.25) is 0 Å². The molecule has 134 valence electrons. The van der Waals surface area contributed by atoms with Gasteiger partial charge in [-0.2, -0.15) is 0 Å². The normalized spacial score (nSPS) is 15.4. The number of piperidine rings is 1. The van der Waals surface area contributed by atoms with Gasteiger partial charge in [0, 0.05) is 30.9 Å². The van der Waals surface area contributed by atoms with E-state index in [4.69, 9.17) is 9.47 Å². The minimum atomic E-state index is -0.326. The molecule has 1 N–H and O–H groups in total. The van der Waals surface area contributed by atoms with Gasteiger partial charge in [-0.3, -0.25) is 0 Å². The highest BCUT2D eigenvalue weighted by Crippen LogP contribution is 2.26. The van der Waals surface area contributed by atoms with Gasteiger partial charge in [0.05, 0.1) is 32.1 Å². The third-order valence-corrected chi connectivity index (χ3v) is 4.51. The summed E-state index contributed by atoms with van der Waals surface area (Å²) in [4.78, 5) is 6.10. The average molecular weight is 346 g/mol. The van der Waals surface area contributed by atoms with Crippen LogP contribution >= 0.6 is 0 Å². The first-order valence-electron chi connectivity index (χ1n) is 8.45. The summed E-state index contributed by atoms with van der Waals surface area (Å²) in [6, 6.07) is 8.93. The minimum absolute atomic E-state index is 0.152. The van der Waals surface area contributed by atoms with Crippen molar-refractivity contribution >= 4 is 5.69 Å². The lowest BCUT2D eigenvalue weighted by Crippen LogP contribution is -2.37. The quantitative estimate of drug-likeness (QED) is 0.872. The number of methoxy groups -OCH3 is 1. The van der Waals surface area contributed by atoms with Crippen LogP contribution in [-0.4, -0.2) is 36.4 Å². The predicted molar refractivity (Wildman–Crippen MR) is 93.1 cm³/mol. The number of aromatic nitrogens is 1. The Morgan fingerprint density at radius 2 is 2.08 bits per heavy atom. The topological polar surface area (TPSA) is 54.8 Å². The van der Waals surface area contributed by atoms with Crippen molar-refractivity contribution in [2.75, 3.05) is 25.1 Å². The molecule has 0 radical (unpaired) electrons. The molecule has 0 amide bonds. The molecule has 5 nitrogen and oxygen atoms in total. The molecule has 1 saturated heterocycles. The first-order chi connectivity index (χ1) is 12.2. The van der Waals surface area contributed by atoms with E-state index in [1.807, 2.05) is 17.0 Å². The lowest BCUT2D eigenvalue weighted by atomic mass is 10.1. The van der Waals surface area contributed by atoms with E-state index in [1.54, 1.807) is 31.5 Å². The van der Waals surface area contributed by atoms with Gasteiger partial charge in [0.1, 0.15) is 0 Å². The van der Waals surface area contributed by atoms with Gasteiger partial charge < -0.3 is 19.5 Å². The van der Waals surface area contributed by atoms with Gasteiger partial charge >= 0.3 is 0 Å². The van der Waals surface area contributed by atoms with E-state index in [-0.39, 0.29) is 18.5 Å². The molecule has 0 bridgehead atoms. The predicted octanol–water partition coefficient (Wildman–Crippen LogP) is 2.91. The molecule has 0 spiro atoms. The number of halogens is 1. The summed E-state index contributed by atoms with van der Waals surface area (Å²) in [7, 11) is 1.59. The van der Waals surface area contributed by atoms with Crippen LogP contribution in [0.25, 0.3) is 0 Å². The van der Waals surface area contributed by atoms with Crippen molar-refractivity contribution in [2.45, 2.75) is 32.2 Å². The number of aliphatic hydroxyl groups excluding tert-OH is 1. The van der Waals surface area contributed by atoms with Crippen LogP contribution in [0, 0.1) is 5.82 Å². The average Bonchev–Trinajstić information content (AvgIpc) is 2.67. The van der Waals surface area contributed by atoms with Crippen LogP contribution in [-0.2, 0) is 18.0 Å². The van der Waals surface area contributed by atoms with E-state index in [1.165, 1.54) is 0 Å². The molecule has 1 aliphatic heterocycles. The van der Waals surface area contributed by atoms with E-state index < -0.39 is 0 Å². The van der Waals surface area contributed by atoms with E-state index in [0.29, 0.717) is 23.7 Å². The molecular weight excluding hydrogens is 323 g/mol. The second-order valence-electron chi connectivity index (χ2n) is 6.11. The van der Waals surface area contributed by atoms with Crippen molar-refractivity contribution in [2.24, 2.45) is 0 Å². The summed E-state index contributed by atoms with van der Waals surface area (Å²) >= 11 is 0. The van der Waals surface area contributed by atoms with Crippen molar-refractivity contribution < 1.29 is 19.0 Å². The molecule has 3 rings (SSSR count). The van der Waals surface area contributed by atoms with Gasteiger partial charge in [-0.25, -0.2) is 9.37 Å². The Morgan fingerprint density at radius 3 is 2.80 bits per heavy atom. The number of nitrogens with zero attached hydrogens (tertiary/aromatic N) is 2. The zero-order chi connectivity index (χ0) is 17.6. The molecule has 25 heavy (non-hydrogen) atoms. The lowest BCUT2D eigenvalue weighted by molar-refractivity contribution is 0.0249. The molecule has 1 aliphatic rings. The van der Waals surface area contributed by atoms with E-state index in [9.17, 15) is 9.50 Å². The number of benzene rings is 1. The Labute approximate surface area is 147 Å². The second kappa shape index (κ2) is 8.27. The first-order valence-corrected chi connectivity index (χ1v) is 8.45. The molecule has 0 atom stereocenters. The molecular formula is C19H23FN2O3. The standard InChI is InChI=1S/C19H23FN2O3/c1-24-18-11-14(5-8-21-18)13-25-16-6-9-22(10-7-16)17-4-2-3-15(12-23)19(17)20/h2-5,8,11,16,23H,6-7,9-10,12-13H2,1H3. The van der Waals surface area contributed by atoms with E-state index in [2.05, 4.69) is 4.98 Å². The maximum absolute atomic E-state index is 14.3. The number of aliphatic hydroxyl groups is 1. The Kier molecular flexibility index (Phi) is 5.83. The highest BCUT2D eigenvalue weighted by atomic mass is 19.1. The fourth-order valence-electron chi connectivity index (χ4n) is 3.06. The van der Waals surface area contributed by atoms with Crippen LogP contribution in [0.1, 0.15) is 24.0 Å². The molecule has 2 aromatic rings. The Hall–Kier alpha value is -2.18. The highest BCUT2D eigenvalue weighted by molar-refractivity contribution is 5.50. The molecule has 0 unspecified atom stereocenters. The molecule has 1 aromatic carbocycles. The van der Waals surface area contributed by atoms with Crippen LogP contribution < -0.4 is 9.64 Å². The monoisotopic (exact) mass is 346 g/mol. The van der Waals surface area contributed by atoms with Gasteiger partial charge in [-0.05, 0) is 30.5 Å². The van der Waals surface area contributed by atoms with Gasteiger partial charge in [0.2, 0.25) is 5.88 Å². The lowest BCUT2D eigenvalue weighted by Gasteiger charge is -2.34. The molecule has 2 heterocycles. The SMILES string of the molecule is COc1cc(COC2CCN(c3cccc(CO)c3F)CC2)ccn1. The maximum Gasteiger partial charge on any atom is 0.213 e. The van der Waals surface area contributed by atoms with Gasteiger partial charge in [0.15, 0.2) is 5.82 Å². The number of hydrogen-bond acceptors (Lipinski definition) is 5.